The molecule has 0 unspecified atom stereocenters. The van der Waals surface area contributed by atoms with Crippen LogP contribution < -0.4 is 10.9 Å². The van der Waals surface area contributed by atoms with Crippen molar-refractivity contribution in [3.05, 3.63) is 50.6 Å². The van der Waals surface area contributed by atoms with Crippen LogP contribution in [-0.2, 0) is 23.2 Å². The third-order valence-corrected chi connectivity index (χ3v) is 6.69. The van der Waals surface area contributed by atoms with Gasteiger partial charge in [0.25, 0.3) is 11.5 Å². The second-order valence-corrected chi connectivity index (χ2v) is 9.09. The SMILES string of the molecule is CC(C)(C(=O)Nc1nc2c(s1)CCCC2)n1nc(-c2cccs2)ccc1=O. The molecule has 1 aliphatic rings. The van der Waals surface area contributed by atoms with Gasteiger partial charge in [-0.3, -0.25) is 14.9 Å². The quantitative estimate of drug-likeness (QED) is 0.725. The van der Waals surface area contributed by atoms with Crippen molar-refractivity contribution in [2.75, 3.05) is 5.32 Å². The summed E-state index contributed by atoms with van der Waals surface area (Å²) < 4.78 is 1.25. The van der Waals surface area contributed by atoms with Gasteiger partial charge in [-0.1, -0.05) is 6.07 Å². The fraction of sp³-hybridized carbons (Fsp3) is 0.368. The van der Waals surface area contributed by atoms with E-state index in [1.807, 2.05) is 17.5 Å². The lowest BCUT2D eigenvalue weighted by atomic mass is 10.0. The number of thiazole rings is 1. The average Bonchev–Trinajstić information content (AvgIpc) is 3.31. The Hall–Kier alpha value is -2.32. The summed E-state index contributed by atoms with van der Waals surface area (Å²) in [5, 5.41) is 9.89. The summed E-state index contributed by atoms with van der Waals surface area (Å²) in [5.74, 6) is -0.300. The van der Waals surface area contributed by atoms with E-state index >= 15 is 0 Å². The highest BCUT2D eigenvalue weighted by Gasteiger charge is 2.33. The van der Waals surface area contributed by atoms with Gasteiger partial charge in [-0.05, 0) is 57.0 Å². The summed E-state index contributed by atoms with van der Waals surface area (Å²) in [6.45, 7) is 3.39. The molecule has 0 atom stereocenters. The van der Waals surface area contributed by atoms with E-state index in [4.69, 9.17) is 0 Å². The van der Waals surface area contributed by atoms with Crippen molar-refractivity contribution in [3.63, 3.8) is 0 Å². The number of aryl methyl sites for hydroxylation is 2. The monoisotopic (exact) mass is 400 g/mol. The Kier molecular flexibility index (Phi) is 4.69. The van der Waals surface area contributed by atoms with Gasteiger partial charge in [-0.2, -0.15) is 5.10 Å². The molecule has 0 radical (unpaired) electrons. The van der Waals surface area contributed by atoms with Gasteiger partial charge in [0.15, 0.2) is 5.13 Å². The highest BCUT2D eigenvalue weighted by Crippen LogP contribution is 2.30. The molecular weight excluding hydrogens is 380 g/mol. The molecule has 3 heterocycles. The molecule has 0 aliphatic heterocycles. The summed E-state index contributed by atoms with van der Waals surface area (Å²) in [4.78, 5) is 32.1. The number of carbonyl (C=O) groups excluding carboxylic acids is 1. The van der Waals surface area contributed by atoms with Crippen LogP contribution in [0.15, 0.2) is 34.4 Å². The molecule has 3 aromatic rings. The van der Waals surface area contributed by atoms with Gasteiger partial charge in [-0.25, -0.2) is 9.67 Å². The van der Waals surface area contributed by atoms with Crippen LogP contribution in [0.2, 0.25) is 0 Å². The number of rotatable bonds is 4. The van der Waals surface area contributed by atoms with Crippen LogP contribution in [0.3, 0.4) is 0 Å². The normalized spacial score (nSPS) is 14.0. The Balaban J connectivity index is 1.62. The van der Waals surface area contributed by atoms with Gasteiger partial charge in [0.05, 0.1) is 10.6 Å². The molecule has 3 aromatic heterocycles. The number of carbonyl (C=O) groups is 1. The highest BCUT2D eigenvalue weighted by molar-refractivity contribution is 7.15. The molecule has 1 N–H and O–H groups in total. The van der Waals surface area contributed by atoms with E-state index in [0.717, 1.165) is 29.8 Å². The number of hydrogen-bond acceptors (Lipinski definition) is 6. The number of nitrogens with one attached hydrogen (secondary N) is 1. The van der Waals surface area contributed by atoms with Gasteiger partial charge < -0.3 is 0 Å². The molecule has 0 aromatic carbocycles. The Morgan fingerprint density at radius 1 is 1.22 bits per heavy atom. The van der Waals surface area contributed by atoms with E-state index < -0.39 is 5.54 Å². The molecule has 0 saturated heterocycles. The summed E-state index contributed by atoms with van der Waals surface area (Å²) in [6, 6.07) is 7.01. The average molecular weight is 401 g/mol. The largest absolute Gasteiger partial charge is 0.300 e. The molecule has 6 nitrogen and oxygen atoms in total. The van der Waals surface area contributed by atoms with Crippen LogP contribution in [0.1, 0.15) is 37.3 Å². The predicted octanol–water partition coefficient (Wildman–Crippen LogP) is 3.68. The first-order valence-corrected chi connectivity index (χ1v) is 10.6. The standard InChI is InChI=1S/C19H20N4O2S2/c1-19(2,17(25)21-18-20-12-6-3-4-7-15(12)27-18)23-16(24)10-9-13(22-23)14-8-5-11-26-14/h5,8-11H,3-4,6-7H2,1-2H3,(H,20,21,25). The first-order valence-electron chi connectivity index (χ1n) is 8.90. The second-order valence-electron chi connectivity index (χ2n) is 7.06. The number of aromatic nitrogens is 3. The van der Waals surface area contributed by atoms with E-state index in [1.165, 1.54) is 33.4 Å². The van der Waals surface area contributed by atoms with Crippen LogP contribution >= 0.6 is 22.7 Å². The number of fused-ring (bicyclic) bond motifs is 1. The number of thiophene rings is 1. The third-order valence-electron chi connectivity index (χ3n) is 4.73. The molecule has 1 amide bonds. The summed E-state index contributed by atoms with van der Waals surface area (Å²) in [7, 11) is 0. The van der Waals surface area contributed by atoms with Crippen molar-refractivity contribution in [1.82, 2.24) is 14.8 Å². The topological polar surface area (TPSA) is 76.9 Å². The number of nitrogens with zero attached hydrogens (tertiary/aromatic N) is 3. The van der Waals surface area contributed by atoms with Crippen LogP contribution in [0.5, 0.6) is 0 Å². The molecular formula is C19H20N4O2S2. The van der Waals surface area contributed by atoms with Crippen LogP contribution in [0.25, 0.3) is 10.6 Å². The Morgan fingerprint density at radius 2 is 2.04 bits per heavy atom. The van der Waals surface area contributed by atoms with Crippen LogP contribution in [0, 0.1) is 0 Å². The highest BCUT2D eigenvalue weighted by atomic mass is 32.1. The number of amides is 1. The minimum absolute atomic E-state index is 0.300. The summed E-state index contributed by atoms with van der Waals surface area (Å²) in [6.07, 6.45) is 4.30. The number of anilines is 1. The molecule has 4 rings (SSSR count). The predicted molar refractivity (Wildman–Crippen MR) is 109 cm³/mol. The minimum Gasteiger partial charge on any atom is -0.300 e. The van der Waals surface area contributed by atoms with Crippen molar-refractivity contribution >= 4 is 33.7 Å². The van der Waals surface area contributed by atoms with Crippen LogP contribution in [-0.4, -0.2) is 20.7 Å². The van der Waals surface area contributed by atoms with Crippen LogP contribution in [0.4, 0.5) is 5.13 Å². The molecule has 0 bridgehead atoms. The van der Waals surface area contributed by atoms with Crippen molar-refractivity contribution in [3.8, 4) is 10.6 Å². The zero-order valence-electron chi connectivity index (χ0n) is 15.2. The fourth-order valence-electron chi connectivity index (χ4n) is 3.12. The minimum atomic E-state index is -1.14. The smallest absolute Gasteiger partial charge is 0.267 e. The van der Waals surface area contributed by atoms with E-state index in [9.17, 15) is 9.59 Å². The van der Waals surface area contributed by atoms with Gasteiger partial charge in [-0.15, -0.1) is 22.7 Å². The summed E-state index contributed by atoms with van der Waals surface area (Å²) >= 11 is 3.07. The maximum Gasteiger partial charge on any atom is 0.267 e. The zero-order valence-corrected chi connectivity index (χ0v) is 16.8. The van der Waals surface area contributed by atoms with Crippen molar-refractivity contribution in [2.45, 2.75) is 45.1 Å². The molecule has 0 saturated carbocycles. The van der Waals surface area contributed by atoms with Gasteiger partial charge in [0.2, 0.25) is 0 Å². The molecule has 0 fully saturated rings. The van der Waals surface area contributed by atoms with Crippen molar-refractivity contribution in [2.24, 2.45) is 0 Å². The van der Waals surface area contributed by atoms with Crippen molar-refractivity contribution < 1.29 is 4.79 Å². The lowest BCUT2D eigenvalue weighted by molar-refractivity contribution is -0.123. The van der Waals surface area contributed by atoms with Crippen molar-refractivity contribution in [1.29, 1.82) is 0 Å². The maximum absolute atomic E-state index is 13.0. The maximum atomic E-state index is 13.0. The molecule has 0 spiro atoms. The first kappa shape index (κ1) is 18.1. The molecule has 27 heavy (non-hydrogen) atoms. The van der Waals surface area contributed by atoms with E-state index in [0.29, 0.717) is 10.8 Å². The lowest BCUT2D eigenvalue weighted by Gasteiger charge is -2.24. The molecule has 140 valence electrons. The van der Waals surface area contributed by atoms with Gasteiger partial charge >= 0.3 is 0 Å². The Labute approximate surface area is 164 Å². The van der Waals surface area contributed by atoms with E-state index in [-0.39, 0.29) is 11.5 Å². The Bertz CT molecular complexity index is 1010. The van der Waals surface area contributed by atoms with Gasteiger partial charge in [0, 0.05) is 10.9 Å². The Morgan fingerprint density at radius 3 is 2.78 bits per heavy atom. The fourth-order valence-corrected chi connectivity index (χ4v) is 4.85. The zero-order chi connectivity index (χ0) is 19.0. The number of hydrogen-bond donors (Lipinski definition) is 1. The lowest BCUT2D eigenvalue weighted by Crippen LogP contribution is -2.47. The second kappa shape index (κ2) is 7.01. The van der Waals surface area contributed by atoms with E-state index in [1.54, 1.807) is 31.3 Å². The molecule has 1 aliphatic carbocycles. The molecule has 8 heteroatoms. The van der Waals surface area contributed by atoms with E-state index in [2.05, 4.69) is 15.4 Å². The summed E-state index contributed by atoms with van der Waals surface area (Å²) in [5.41, 5.74) is 0.315. The van der Waals surface area contributed by atoms with Gasteiger partial charge in [0.1, 0.15) is 11.2 Å². The first-order chi connectivity index (χ1) is 12.9. The third kappa shape index (κ3) is 3.46.